The van der Waals surface area contributed by atoms with Crippen LogP contribution >= 0.6 is 11.8 Å². The van der Waals surface area contributed by atoms with E-state index in [1.807, 2.05) is 6.08 Å². The van der Waals surface area contributed by atoms with E-state index < -0.39 is 0 Å². The number of allylic oxidation sites excluding steroid dienone is 2. The highest BCUT2D eigenvalue weighted by Gasteiger charge is 2.63. The van der Waals surface area contributed by atoms with E-state index in [-0.39, 0.29) is 5.41 Å². The number of hydrogen-bond acceptors (Lipinski definition) is 3. The minimum Gasteiger partial charge on any atom is -0.497 e. The molecule has 26 heavy (non-hydrogen) atoms. The monoisotopic (exact) mass is 371 g/mol. The van der Waals surface area contributed by atoms with Crippen molar-refractivity contribution in [1.29, 1.82) is 5.26 Å². The van der Waals surface area contributed by atoms with E-state index in [1.54, 1.807) is 7.11 Å². The highest BCUT2D eigenvalue weighted by Crippen LogP contribution is 2.69. The lowest BCUT2D eigenvalue weighted by Gasteiger charge is -2.66. The summed E-state index contributed by atoms with van der Waals surface area (Å²) < 4.78 is 5.49. The summed E-state index contributed by atoms with van der Waals surface area (Å²) >= 11 is 2.08. The Labute approximate surface area is 163 Å². The number of rotatable bonds is 1. The van der Waals surface area contributed by atoms with Crippen molar-refractivity contribution in [2.45, 2.75) is 65.0 Å². The molecule has 0 radical (unpaired) electrons. The Morgan fingerprint density at radius 2 is 1.88 bits per heavy atom. The molecule has 1 aliphatic heterocycles. The van der Waals surface area contributed by atoms with E-state index in [9.17, 15) is 5.26 Å². The molecule has 4 aliphatic rings. The summed E-state index contributed by atoms with van der Waals surface area (Å²) in [6.45, 7) is 10.1. The van der Waals surface area contributed by atoms with Crippen LogP contribution in [0.5, 0.6) is 0 Å². The summed E-state index contributed by atoms with van der Waals surface area (Å²) in [5, 5.41) is 10.3. The number of thioether (sulfide) groups is 1. The molecule has 0 aromatic rings. The minimum atomic E-state index is 0.228. The van der Waals surface area contributed by atoms with Gasteiger partial charge >= 0.3 is 0 Å². The van der Waals surface area contributed by atoms with Crippen LogP contribution in [0.25, 0.3) is 0 Å². The first-order valence-corrected chi connectivity index (χ1v) is 11.3. The second-order valence-corrected chi connectivity index (χ2v) is 11.5. The molecular formula is C23H33NOS. The summed E-state index contributed by atoms with van der Waals surface area (Å²) in [6, 6.07) is 2.55. The van der Waals surface area contributed by atoms with Crippen LogP contribution in [0.3, 0.4) is 0 Å². The highest BCUT2D eigenvalue weighted by atomic mass is 32.2. The van der Waals surface area contributed by atoms with Gasteiger partial charge in [-0.25, -0.2) is 0 Å². The second kappa shape index (κ2) is 6.06. The topological polar surface area (TPSA) is 33.0 Å². The predicted molar refractivity (Wildman–Crippen MR) is 109 cm³/mol. The highest BCUT2D eigenvalue weighted by molar-refractivity contribution is 8.00. The minimum absolute atomic E-state index is 0.228. The molecular weight excluding hydrogens is 338 g/mol. The fourth-order valence-corrected chi connectivity index (χ4v) is 9.53. The zero-order valence-electron chi connectivity index (χ0n) is 17.0. The fraction of sp³-hybridized carbons (Fsp3) is 0.783. The average molecular weight is 372 g/mol. The number of hydrogen-bond donors (Lipinski definition) is 0. The van der Waals surface area contributed by atoms with Crippen LogP contribution < -0.4 is 0 Å². The smallest absolute Gasteiger partial charge is 0.117 e. The van der Waals surface area contributed by atoms with Crippen molar-refractivity contribution in [2.75, 3.05) is 12.9 Å². The van der Waals surface area contributed by atoms with Gasteiger partial charge in [-0.3, -0.25) is 0 Å². The molecule has 0 spiro atoms. The number of methoxy groups -OCH3 is 1. The van der Waals surface area contributed by atoms with Crippen LogP contribution in [0, 0.1) is 45.3 Å². The molecule has 1 saturated heterocycles. The van der Waals surface area contributed by atoms with Crippen LogP contribution in [0.2, 0.25) is 0 Å². The van der Waals surface area contributed by atoms with E-state index in [2.05, 4.69) is 51.6 Å². The molecule has 3 heteroatoms. The van der Waals surface area contributed by atoms with Crippen molar-refractivity contribution in [2.24, 2.45) is 34.0 Å². The zero-order chi connectivity index (χ0) is 18.7. The first-order valence-electron chi connectivity index (χ1n) is 10.3. The van der Waals surface area contributed by atoms with Gasteiger partial charge in [0.15, 0.2) is 0 Å². The standard InChI is InChI=1S/C23H33NOS/c1-21(2)8-6-9-22(3)18(21)7-10-23(4)19(22)14-26-17-12-16(25-5)11-15(13-24)20(17)23/h11-12,17-20H,6-10,14H2,1-5H3/t17?,18-,19+,20?,22-,23+/m0/s1. The van der Waals surface area contributed by atoms with Crippen LogP contribution in [-0.2, 0) is 4.74 Å². The van der Waals surface area contributed by atoms with Gasteiger partial charge < -0.3 is 4.74 Å². The fourth-order valence-electron chi connectivity index (χ4n) is 7.48. The maximum atomic E-state index is 9.92. The molecule has 0 aromatic heterocycles. The van der Waals surface area contributed by atoms with Crippen LogP contribution in [0.1, 0.15) is 59.8 Å². The van der Waals surface area contributed by atoms with E-state index >= 15 is 0 Å². The number of ether oxygens (including phenoxy) is 1. The van der Waals surface area contributed by atoms with Gasteiger partial charge in [0.05, 0.1) is 13.2 Å². The van der Waals surface area contributed by atoms with Gasteiger partial charge in [-0.05, 0) is 71.7 Å². The third kappa shape index (κ3) is 2.44. The Bertz CT molecular complexity index is 701. The lowest BCUT2D eigenvalue weighted by Crippen LogP contribution is -2.60. The molecule has 2 saturated carbocycles. The second-order valence-electron chi connectivity index (χ2n) is 10.3. The maximum Gasteiger partial charge on any atom is 0.117 e. The van der Waals surface area contributed by atoms with Crippen molar-refractivity contribution in [1.82, 2.24) is 0 Å². The third-order valence-electron chi connectivity index (χ3n) is 8.66. The average Bonchev–Trinajstić information content (AvgIpc) is 2.59. The Balaban J connectivity index is 1.75. The van der Waals surface area contributed by atoms with Gasteiger partial charge in [0, 0.05) is 16.7 Å². The molecule has 0 aromatic carbocycles. The van der Waals surface area contributed by atoms with Gasteiger partial charge in [-0.15, -0.1) is 0 Å². The molecule has 0 N–H and O–H groups in total. The molecule has 3 fully saturated rings. The Morgan fingerprint density at radius 1 is 1.12 bits per heavy atom. The largest absolute Gasteiger partial charge is 0.497 e. The number of nitriles is 1. The first-order chi connectivity index (χ1) is 12.3. The normalized spacial score (nSPS) is 46.6. The molecule has 1 heterocycles. The lowest BCUT2D eigenvalue weighted by atomic mass is 9.41. The lowest BCUT2D eigenvalue weighted by molar-refractivity contribution is -0.134. The molecule has 2 unspecified atom stereocenters. The van der Waals surface area contributed by atoms with E-state index in [0.717, 1.165) is 17.3 Å². The quantitative estimate of drug-likeness (QED) is 0.570. The summed E-state index contributed by atoms with van der Waals surface area (Å²) in [5.41, 5.74) is 2.05. The van der Waals surface area contributed by atoms with Crippen molar-refractivity contribution in [3.63, 3.8) is 0 Å². The van der Waals surface area contributed by atoms with Crippen LogP contribution in [-0.4, -0.2) is 18.1 Å². The van der Waals surface area contributed by atoms with E-state index in [4.69, 9.17) is 4.74 Å². The summed E-state index contributed by atoms with van der Waals surface area (Å²) in [7, 11) is 1.71. The Kier molecular flexibility index (Phi) is 4.31. The van der Waals surface area contributed by atoms with Crippen LogP contribution in [0.4, 0.5) is 0 Å². The first kappa shape index (κ1) is 18.5. The summed E-state index contributed by atoms with van der Waals surface area (Å²) in [4.78, 5) is 0. The molecule has 2 nitrogen and oxygen atoms in total. The predicted octanol–water partition coefficient (Wildman–Crippen LogP) is 5.96. The van der Waals surface area contributed by atoms with Gasteiger partial charge in [0.1, 0.15) is 5.76 Å². The molecule has 142 valence electrons. The third-order valence-corrected chi connectivity index (χ3v) is 9.98. The van der Waals surface area contributed by atoms with Gasteiger partial charge in [0.2, 0.25) is 0 Å². The summed E-state index contributed by atoms with van der Waals surface area (Å²) in [6.07, 6.45) is 11.0. The van der Waals surface area contributed by atoms with Crippen molar-refractivity contribution >= 4 is 11.8 Å². The van der Waals surface area contributed by atoms with E-state index in [0.29, 0.717) is 27.9 Å². The van der Waals surface area contributed by atoms with Crippen molar-refractivity contribution in [3.8, 4) is 6.07 Å². The molecule has 4 rings (SSSR count). The van der Waals surface area contributed by atoms with Gasteiger partial charge in [-0.2, -0.15) is 17.0 Å². The zero-order valence-corrected chi connectivity index (χ0v) is 17.8. The molecule has 3 aliphatic carbocycles. The van der Waals surface area contributed by atoms with Crippen molar-refractivity contribution in [3.05, 3.63) is 23.5 Å². The molecule has 6 atom stereocenters. The Hall–Kier alpha value is -0.880. The van der Waals surface area contributed by atoms with Gasteiger partial charge in [0.25, 0.3) is 0 Å². The molecule has 0 bridgehead atoms. The molecule has 0 amide bonds. The van der Waals surface area contributed by atoms with E-state index in [1.165, 1.54) is 37.9 Å². The summed E-state index contributed by atoms with van der Waals surface area (Å²) in [5.74, 6) is 3.97. The van der Waals surface area contributed by atoms with Gasteiger partial charge in [-0.1, -0.05) is 34.1 Å². The van der Waals surface area contributed by atoms with Crippen molar-refractivity contribution < 1.29 is 4.74 Å². The van der Waals surface area contributed by atoms with Crippen LogP contribution in [0.15, 0.2) is 23.5 Å². The SMILES string of the molecule is COC1=CC2SC[C@@H]3[C@@]4(C)CCCC(C)(C)[C@@H]4CC[C@@]3(C)C2C(C#N)=C1. The number of fused-ring (bicyclic) bond motifs is 5. The maximum absolute atomic E-state index is 9.92. The number of nitrogens with zero attached hydrogens (tertiary/aromatic N) is 1. The Morgan fingerprint density at radius 3 is 2.58 bits per heavy atom.